The van der Waals surface area contributed by atoms with Gasteiger partial charge in [0.15, 0.2) is 0 Å². The summed E-state index contributed by atoms with van der Waals surface area (Å²) in [4.78, 5) is 10.6. The first kappa shape index (κ1) is 27.5. The van der Waals surface area contributed by atoms with Crippen LogP contribution in [0.1, 0.15) is 0 Å². The summed E-state index contributed by atoms with van der Waals surface area (Å²) in [7, 11) is 0. The van der Waals surface area contributed by atoms with Crippen LogP contribution in [0.2, 0.25) is 0 Å². The molecule has 10 aromatic rings. The fourth-order valence-corrected chi connectivity index (χ4v) is 7.54. The van der Waals surface area contributed by atoms with Crippen LogP contribution in [0.3, 0.4) is 0 Å². The van der Waals surface area contributed by atoms with Gasteiger partial charge in [0.25, 0.3) is 0 Å². The van der Waals surface area contributed by atoms with Gasteiger partial charge in [0.05, 0.1) is 33.5 Å². The lowest BCUT2D eigenvalue weighted by atomic mass is 10.00. The van der Waals surface area contributed by atoms with Crippen LogP contribution in [-0.4, -0.2) is 14.5 Å². The molecule has 49 heavy (non-hydrogen) atoms. The Morgan fingerprint density at radius 2 is 0.918 bits per heavy atom. The molecular formula is C46H29N3. The fraction of sp³-hybridized carbons (Fsp3) is 0. The smallest absolute Gasteiger partial charge is 0.0973 e. The molecular weight excluding hydrogens is 595 g/mol. The second kappa shape index (κ2) is 11.0. The highest BCUT2D eigenvalue weighted by Crippen LogP contribution is 2.41. The van der Waals surface area contributed by atoms with Crippen LogP contribution in [-0.2, 0) is 0 Å². The summed E-state index contributed by atoms with van der Waals surface area (Å²) in [6, 6.07) is 62.4. The van der Waals surface area contributed by atoms with Gasteiger partial charge in [-0.05, 0) is 57.4 Å². The largest absolute Gasteiger partial charge is 0.309 e. The van der Waals surface area contributed by atoms with E-state index in [1.807, 2.05) is 12.1 Å². The van der Waals surface area contributed by atoms with Crippen LogP contribution in [0.25, 0.3) is 93.7 Å². The molecule has 0 saturated carbocycles. The molecule has 0 aliphatic heterocycles. The topological polar surface area (TPSA) is 30.7 Å². The van der Waals surface area contributed by atoms with Crippen molar-refractivity contribution in [1.29, 1.82) is 0 Å². The lowest BCUT2D eigenvalue weighted by Gasteiger charge is -2.14. The van der Waals surface area contributed by atoms with Crippen LogP contribution in [0, 0.1) is 0 Å². The first-order chi connectivity index (χ1) is 24.3. The Morgan fingerprint density at radius 3 is 1.55 bits per heavy atom. The highest BCUT2D eigenvalue weighted by Gasteiger charge is 2.19. The van der Waals surface area contributed by atoms with E-state index in [0.29, 0.717) is 0 Å². The SMILES string of the molecule is c1ccc(-c2nc3cccc(-c4cccc(-n5c6ccc7ccccc7c6c6c7ccccc7ccc65)c4)c3nc2-c2ccccc2)cc1. The standard InChI is InChI=1S/C46H29N3/c1-3-15-32(16-4-1)44-45(33-17-5-2-6-18-33)48-46-38(23-12-24-39(46)47-44)34-19-11-20-35(29-34)49-40-27-25-30-13-7-9-21-36(30)42(40)43-37-22-10-8-14-31(37)26-28-41(43)49/h1-29H. The van der Waals surface area contributed by atoms with Gasteiger partial charge >= 0.3 is 0 Å². The minimum atomic E-state index is 0.872. The second-order valence-electron chi connectivity index (χ2n) is 12.6. The van der Waals surface area contributed by atoms with Gasteiger partial charge in [0.1, 0.15) is 0 Å². The van der Waals surface area contributed by atoms with Crippen molar-refractivity contribution in [1.82, 2.24) is 14.5 Å². The zero-order valence-electron chi connectivity index (χ0n) is 26.6. The third-order valence-corrected chi connectivity index (χ3v) is 9.75. The van der Waals surface area contributed by atoms with Crippen LogP contribution < -0.4 is 0 Å². The molecule has 0 N–H and O–H groups in total. The van der Waals surface area contributed by atoms with E-state index in [1.54, 1.807) is 0 Å². The number of para-hydroxylation sites is 1. The summed E-state index contributed by atoms with van der Waals surface area (Å²) >= 11 is 0. The van der Waals surface area contributed by atoms with Crippen LogP contribution >= 0.6 is 0 Å². The molecule has 0 bridgehead atoms. The lowest BCUT2D eigenvalue weighted by Crippen LogP contribution is -1.98. The van der Waals surface area contributed by atoms with E-state index in [2.05, 4.69) is 168 Å². The number of benzene rings is 8. The molecule has 2 aromatic heterocycles. The number of nitrogens with zero attached hydrogens (tertiary/aromatic N) is 3. The Labute approximate surface area is 283 Å². The van der Waals surface area contributed by atoms with Crippen molar-refractivity contribution < 1.29 is 0 Å². The van der Waals surface area contributed by atoms with E-state index in [-0.39, 0.29) is 0 Å². The van der Waals surface area contributed by atoms with Gasteiger partial charge in [-0.2, -0.15) is 0 Å². The zero-order chi connectivity index (χ0) is 32.3. The van der Waals surface area contributed by atoms with Gasteiger partial charge in [0, 0.05) is 33.2 Å². The van der Waals surface area contributed by atoms with E-state index in [1.165, 1.54) is 43.4 Å². The maximum absolute atomic E-state index is 5.39. The Kier molecular flexibility index (Phi) is 6.18. The third kappa shape index (κ3) is 4.37. The van der Waals surface area contributed by atoms with Crippen molar-refractivity contribution in [3.05, 3.63) is 176 Å². The molecule has 0 fully saturated rings. The minimum absolute atomic E-state index is 0.872. The normalized spacial score (nSPS) is 11.7. The van der Waals surface area contributed by atoms with Crippen LogP contribution in [0.4, 0.5) is 0 Å². The Hall–Kier alpha value is -6.58. The molecule has 10 rings (SSSR count). The van der Waals surface area contributed by atoms with Crippen molar-refractivity contribution in [3.63, 3.8) is 0 Å². The molecule has 0 spiro atoms. The molecule has 0 atom stereocenters. The summed E-state index contributed by atoms with van der Waals surface area (Å²) in [6.07, 6.45) is 0. The van der Waals surface area contributed by atoms with E-state index in [0.717, 1.165) is 50.4 Å². The molecule has 0 aliphatic rings. The van der Waals surface area contributed by atoms with Gasteiger partial charge < -0.3 is 4.57 Å². The van der Waals surface area contributed by atoms with Gasteiger partial charge in [-0.3, -0.25) is 0 Å². The Bertz CT molecular complexity index is 2780. The van der Waals surface area contributed by atoms with Crippen molar-refractivity contribution in [3.8, 4) is 39.3 Å². The molecule has 0 amide bonds. The van der Waals surface area contributed by atoms with Crippen LogP contribution in [0.15, 0.2) is 176 Å². The summed E-state index contributed by atoms with van der Waals surface area (Å²) < 4.78 is 2.42. The third-order valence-electron chi connectivity index (χ3n) is 9.75. The monoisotopic (exact) mass is 623 g/mol. The number of hydrogen-bond donors (Lipinski definition) is 0. The molecule has 0 unspecified atom stereocenters. The van der Waals surface area contributed by atoms with Crippen molar-refractivity contribution in [2.75, 3.05) is 0 Å². The van der Waals surface area contributed by atoms with Gasteiger partial charge in [-0.1, -0.05) is 146 Å². The average molecular weight is 624 g/mol. The maximum atomic E-state index is 5.39. The summed E-state index contributed by atoms with van der Waals surface area (Å²) in [6.45, 7) is 0. The molecule has 3 heteroatoms. The highest BCUT2D eigenvalue weighted by molar-refractivity contribution is 6.28. The molecule has 0 radical (unpaired) electrons. The summed E-state index contributed by atoms with van der Waals surface area (Å²) in [5.41, 5.74) is 11.3. The average Bonchev–Trinajstić information content (AvgIpc) is 3.53. The quantitative estimate of drug-likeness (QED) is 0.195. The Balaban J connectivity index is 1.23. The van der Waals surface area contributed by atoms with Gasteiger partial charge in [0.2, 0.25) is 0 Å². The van der Waals surface area contributed by atoms with Gasteiger partial charge in [-0.25, -0.2) is 9.97 Å². The van der Waals surface area contributed by atoms with E-state index < -0.39 is 0 Å². The number of hydrogen-bond acceptors (Lipinski definition) is 2. The predicted octanol–water partition coefficient (Wildman–Crippen LogP) is 12.0. The van der Waals surface area contributed by atoms with Gasteiger partial charge in [-0.15, -0.1) is 0 Å². The van der Waals surface area contributed by atoms with Crippen molar-refractivity contribution >= 4 is 54.4 Å². The lowest BCUT2D eigenvalue weighted by molar-refractivity contribution is 1.18. The second-order valence-corrected chi connectivity index (χ2v) is 12.6. The van der Waals surface area contributed by atoms with E-state index in [9.17, 15) is 0 Å². The molecule has 0 saturated heterocycles. The minimum Gasteiger partial charge on any atom is -0.309 e. The first-order valence-electron chi connectivity index (χ1n) is 16.7. The van der Waals surface area contributed by atoms with Crippen molar-refractivity contribution in [2.24, 2.45) is 0 Å². The molecule has 0 aliphatic carbocycles. The van der Waals surface area contributed by atoms with E-state index >= 15 is 0 Å². The number of rotatable bonds is 4. The summed E-state index contributed by atoms with van der Waals surface area (Å²) in [5, 5.41) is 7.59. The fourth-order valence-electron chi connectivity index (χ4n) is 7.54. The Morgan fingerprint density at radius 1 is 0.388 bits per heavy atom. The zero-order valence-corrected chi connectivity index (χ0v) is 26.6. The molecule has 228 valence electrons. The highest BCUT2D eigenvalue weighted by atomic mass is 15.0. The number of aromatic nitrogens is 3. The van der Waals surface area contributed by atoms with E-state index in [4.69, 9.17) is 9.97 Å². The number of fused-ring (bicyclic) bond motifs is 8. The molecule has 8 aromatic carbocycles. The van der Waals surface area contributed by atoms with Crippen LogP contribution in [0.5, 0.6) is 0 Å². The maximum Gasteiger partial charge on any atom is 0.0973 e. The molecule has 3 nitrogen and oxygen atoms in total. The molecule has 2 heterocycles. The predicted molar refractivity (Wildman–Crippen MR) is 205 cm³/mol. The first-order valence-corrected chi connectivity index (χ1v) is 16.7. The van der Waals surface area contributed by atoms with Crippen molar-refractivity contribution in [2.45, 2.75) is 0 Å². The summed E-state index contributed by atoms with van der Waals surface area (Å²) in [5.74, 6) is 0.